The Hall–Kier alpha value is -2.64. The average Bonchev–Trinajstić information content (AvgIpc) is 3.11. The Balaban J connectivity index is 1.96. The minimum Gasteiger partial charge on any atom is -0.467 e. The van der Waals surface area contributed by atoms with Crippen LogP contribution in [-0.2, 0) is 14.4 Å². The van der Waals surface area contributed by atoms with Crippen molar-refractivity contribution in [2.24, 2.45) is 0 Å². The van der Waals surface area contributed by atoms with E-state index in [1.807, 2.05) is 6.92 Å². The van der Waals surface area contributed by atoms with Crippen molar-refractivity contribution in [2.75, 3.05) is 13.1 Å². The third-order valence-corrected chi connectivity index (χ3v) is 3.52. The van der Waals surface area contributed by atoms with Gasteiger partial charge in [-0.1, -0.05) is 13.3 Å². The zero-order valence-corrected chi connectivity index (χ0v) is 13.1. The maximum atomic E-state index is 12.1. The fraction of sp³-hybridized carbons (Fsp3) is 0.467. The lowest BCUT2D eigenvalue weighted by molar-refractivity contribution is -0.144. The van der Waals surface area contributed by atoms with Crippen molar-refractivity contribution in [1.29, 1.82) is 0 Å². The number of hydrogen-bond donors (Lipinski definition) is 1. The van der Waals surface area contributed by atoms with Gasteiger partial charge < -0.3 is 9.73 Å². The highest BCUT2D eigenvalue weighted by atomic mass is 16.3. The van der Waals surface area contributed by atoms with Gasteiger partial charge in [-0.3, -0.25) is 19.3 Å². The van der Waals surface area contributed by atoms with Crippen LogP contribution in [-0.4, -0.2) is 46.6 Å². The molecule has 1 aromatic heterocycles. The van der Waals surface area contributed by atoms with Crippen LogP contribution in [0.4, 0.5) is 4.79 Å². The molecule has 8 nitrogen and oxygen atoms in total. The molecule has 0 aliphatic carbocycles. The molecule has 0 unspecified atom stereocenters. The number of rotatable bonds is 7. The van der Waals surface area contributed by atoms with E-state index >= 15 is 0 Å². The van der Waals surface area contributed by atoms with Gasteiger partial charge in [-0.25, -0.2) is 9.69 Å². The van der Waals surface area contributed by atoms with Crippen molar-refractivity contribution < 1.29 is 23.6 Å². The first-order valence-corrected chi connectivity index (χ1v) is 7.45. The van der Waals surface area contributed by atoms with Crippen molar-refractivity contribution in [3.05, 3.63) is 24.2 Å². The summed E-state index contributed by atoms with van der Waals surface area (Å²) in [6.45, 7) is 3.31. The minimum absolute atomic E-state index is 0.181. The molecule has 1 aliphatic heterocycles. The van der Waals surface area contributed by atoms with Gasteiger partial charge in [0, 0.05) is 6.54 Å². The first-order chi connectivity index (χ1) is 11.0. The molecule has 23 heavy (non-hydrogen) atoms. The number of nitrogens with one attached hydrogen (secondary N) is 1. The highest BCUT2D eigenvalue weighted by Gasteiger charge is 2.44. The molecular formula is C15H19N3O5. The second-order valence-electron chi connectivity index (χ2n) is 5.29. The van der Waals surface area contributed by atoms with Crippen LogP contribution in [0.25, 0.3) is 0 Å². The predicted octanol–water partition coefficient (Wildman–Crippen LogP) is 1.05. The number of carbonyl (C=O) groups is 4. The maximum absolute atomic E-state index is 12.1. The summed E-state index contributed by atoms with van der Waals surface area (Å²) >= 11 is 0. The Labute approximate surface area is 133 Å². The summed E-state index contributed by atoms with van der Waals surface area (Å²) in [4.78, 5) is 49.3. The summed E-state index contributed by atoms with van der Waals surface area (Å²) in [5.41, 5.74) is 0. The van der Waals surface area contributed by atoms with Crippen molar-refractivity contribution >= 4 is 23.8 Å². The third-order valence-electron chi connectivity index (χ3n) is 3.52. The number of nitrogens with zero attached hydrogens (tertiary/aromatic N) is 2. The van der Waals surface area contributed by atoms with Gasteiger partial charge in [0.05, 0.1) is 12.3 Å². The van der Waals surface area contributed by atoms with E-state index in [2.05, 4.69) is 5.32 Å². The molecule has 0 spiro atoms. The largest absolute Gasteiger partial charge is 0.467 e. The molecule has 0 bridgehead atoms. The average molecular weight is 321 g/mol. The number of amides is 5. The van der Waals surface area contributed by atoms with Crippen molar-refractivity contribution in [3.8, 4) is 0 Å². The van der Waals surface area contributed by atoms with Crippen LogP contribution in [0.1, 0.15) is 38.5 Å². The number of unbranched alkanes of at least 4 members (excludes halogenated alkanes) is 1. The summed E-state index contributed by atoms with van der Waals surface area (Å²) in [5.74, 6) is -1.83. The van der Waals surface area contributed by atoms with Gasteiger partial charge in [0.25, 0.3) is 0 Å². The van der Waals surface area contributed by atoms with E-state index in [0.717, 1.165) is 11.3 Å². The molecule has 2 rings (SSSR count). The quantitative estimate of drug-likeness (QED) is 0.597. The molecule has 1 N–H and O–H groups in total. The normalized spacial score (nSPS) is 16.2. The SMILES string of the molecule is CCCCN1C(=O)C(=O)N(CC(=O)N[C@@H](C)c2ccco2)C1=O. The number of hydrogen-bond acceptors (Lipinski definition) is 5. The molecule has 1 aromatic rings. The Morgan fingerprint density at radius 3 is 2.57 bits per heavy atom. The van der Waals surface area contributed by atoms with Crippen LogP contribution >= 0.6 is 0 Å². The molecule has 1 atom stereocenters. The number of furan rings is 1. The first kappa shape index (κ1) is 16.7. The van der Waals surface area contributed by atoms with Crippen LogP contribution in [0, 0.1) is 0 Å². The summed E-state index contributed by atoms with van der Waals surface area (Å²) in [7, 11) is 0. The van der Waals surface area contributed by atoms with Gasteiger partial charge in [0.15, 0.2) is 0 Å². The second kappa shape index (κ2) is 7.08. The minimum atomic E-state index is -0.966. The van der Waals surface area contributed by atoms with Crippen LogP contribution < -0.4 is 5.32 Å². The van der Waals surface area contributed by atoms with Gasteiger partial charge in [-0.15, -0.1) is 0 Å². The van der Waals surface area contributed by atoms with E-state index in [-0.39, 0.29) is 6.54 Å². The number of urea groups is 1. The summed E-state index contributed by atoms with van der Waals surface area (Å²) in [5, 5.41) is 2.61. The van der Waals surface area contributed by atoms with Crippen molar-refractivity contribution in [2.45, 2.75) is 32.7 Å². The maximum Gasteiger partial charge on any atom is 0.334 e. The lowest BCUT2D eigenvalue weighted by Gasteiger charge is -2.16. The van der Waals surface area contributed by atoms with Crippen LogP contribution in [0.5, 0.6) is 0 Å². The third kappa shape index (κ3) is 3.58. The zero-order chi connectivity index (χ0) is 17.0. The molecule has 2 heterocycles. The van der Waals surface area contributed by atoms with Gasteiger partial charge in [0.1, 0.15) is 12.3 Å². The standard InChI is InChI=1S/C15H19N3O5/c1-3-4-7-17-13(20)14(21)18(15(17)22)9-12(19)16-10(2)11-6-5-8-23-11/h5-6,8,10H,3-4,7,9H2,1-2H3,(H,16,19)/t10-/m0/s1. The molecule has 1 aliphatic rings. The highest BCUT2D eigenvalue weighted by Crippen LogP contribution is 2.14. The monoisotopic (exact) mass is 321 g/mol. The Bertz CT molecular complexity index is 611. The molecule has 8 heteroatoms. The van der Waals surface area contributed by atoms with E-state index < -0.39 is 36.3 Å². The van der Waals surface area contributed by atoms with Gasteiger partial charge in [-0.2, -0.15) is 0 Å². The molecule has 1 fully saturated rings. The van der Waals surface area contributed by atoms with Crippen LogP contribution in [0.2, 0.25) is 0 Å². The van der Waals surface area contributed by atoms with Crippen LogP contribution in [0.15, 0.2) is 22.8 Å². The Morgan fingerprint density at radius 1 is 1.26 bits per heavy atom. The number of imide groups is 2. The molecule has 1 saturated heterocycles. The second-order valence-corrected chi connectivity index (χ2v) is 5.29. The smallest absolute Gasteiger partial charge is 0.334 e. The summed E-state index contributed by atoms with van der Waals surface area (Å²) in [6.07, 6.45) is 2.88. The molecule has 0 aromatic carbocycles. The molecule has 5 amide bonds. The van der Waals surface area contributed by atoms with Crippen LogP contribution in [0.3, 0.4) is 0 Å². The fourth-order valence-corrected chi connectivity index (χ4v) is 2.24. The predicted molar refractivity (Wildman–Crippen MR) is 79.0 cm³/mol. The van der Waals surface area contributed by atoms with Crippen molar-refractivity contribution in [3.63, 3.8) is 0 Å². The Kier molecular flexibility index (Phi) is 5.15. The van der Waals surface area contributed by atoms with E-state index in [1.165, 1.54) is 6.26 Å². The molecular weight excluding hydrogens is 302 g/mol. The molecule has 0 saturated carbocycles. The highest BCUT2D eigenvalue weighted by molar-refractivity contribution is 6.45. The van der Waals surface area contributed by atoms with E-state index in [9.17, 15) is 19.2 Å². The van der Waals surface area contributed by atoms with E-state index in [4.69, 9.17) is 4.42 Å². The fourth-order valence-electron chi connectivity index (χ4n) is 2.24. The summed E-state index contributed by atoms with van der Waals surface area (Å²) < 4.78 is 5.16. The van der Waals surface area contributed by atoms with Crippen molar-refractivity contribution in [1.82, 2.24) is 15.1 Å². The summed E-state index contributed by atoms with van der Waals surface area (Å²) in [6, 6.07) is 2.24. The lowest BCUT2D eigenvalue weighted by atomic mass is 10.2. The van der Waals surface area contributed by atoms with E-state index in [1.54, 1.807) is 19.1 Å². The van der Waals surface area contributed by atoms with Gasteiger partial charge in [-0.05, 0) is 25.5 Å². The molecule has 124 valence electrons. The molecule has 0 radical (unpaired) electrons. The van der Waals surface area contributed by atoms with Gasteiger partial charge in [0.2, 0.25) is 5.91 Å². The number of carbonyl (C=O) groups excluding carboxylic acids is 4. The zero-order valence-electron chi connectivity index (χ0n) is 13.1. The topological polar surface area (TPSA) is 99.9 Å². The lowest BCUT2D eigenvalue weighted by Crippen LogP contribution is -2.42. The van der Waals surface area contributed by atoms with Gasteiger partial charge >= 0.3 is 17.8 Å². The Morgan fingerprint density at radius 2 is 1.96 bits per heavy atom. The van der Waals surface area contributed by atoms with E-state index in [0.29, 0.717) is 17.1 Å². The first-order valence-electron chi connectivity index (χ1n) is 7.45.